The second kappa shape index (κ2) is 12.3. The first-order valence-electron chi connectivity index (χ1n) is 11.1. The highest BCUT2D eigenvalue weighted by Crippen LogP contribution is 2.45. The Morgan fingerprint density at radius 1 is 1.12 bits per heavy atom. The summed E-state index contributed by atoms with van der Waals surface area (Å²) in [7, 11) is 0. The van der Waals surface area contributed by atoms with E-state index in [-0.39, 0.29) is 18.5 Å². The van der Waals surface area contributed by atoms with Crippen LogP contribution in [0.3, 0.4) is 0 Å². The third kappa shape index (κ3) is 5.91. The molecule has 0 bridgehead atoms. The number of aromatic amines is 1. The van der Waals surface area contributed by atoms with Gasteiger partial charge in [0.2, 0.25) is 6.41 Å². The summed E-state index contributed by atoms with van der Waals surface area (Å²) in [6, 6.07) is 8.29. The number of aromatic nitrogens is 1. The lowest BCUT2D eigenvalue weighted by Gasteiger charge is -2.26. The van der Waals surface area contributed by atoms with E-state index >= 15 is 0 Å². The Hall–Kier alpha value is -2.80. The van der Waals surface area contributed by atoms with Crippen LogP contribution in [0.4, 0.5) is 13.2 Å². The van der Waals surface area contributed by atoms with Gasteiger partial charge in [0.25, 0.3) is 0 Å². The molecule has 32 heavy (non-hydrogen) atoms. The first kappa shape index (κ1) is 25.5. The highest BCUT2D eigenvalue weighted by molar-refractivity contribution is 5.92. The number of nitrogens with one attached hydrogen (secondary N) is 2. The van der Waals surface area contributed by atoms with E-state index in [2.05, 4.69) is 10.3 Å². The Kier molecular flexibility index (Phi) is 9.78. The molecule has 1 heterocycles. The number of aliphatic hydroxyl groups excluding tert-OH is 1. The summed E-state index contributed by atoms with van der Waals surface area (Å²) in [5, 5.41) is 11.5. The molecule has 1 fully saturated rings. The van der Waals surface area contributed by atoms with Crippen molar-refractivity contribution in [3.63, 3.8) is 0 Å². The van der Waals surface area contributed by atoms with E-state index in [0.717, 1.165) is 48.6 Å². The number of rotatable bonds is 6. The number of benzene rings is 2. The van der Waals surface area contributed by atoms with Crippen molar-refractivity contribution in [3.05, 3.63) is 59.4 Å². The molecule has 1 aromatic heterocycles. The number of hydrogen-bond acceptors (Lipinski definition) is 2. The molecule has 0 saturated heterocycles. The average molecular weight is 449 g/mol. The Labute approximate surface area is 186 Å². The van der Waals surface area contributed by atoms with Gasteiger partial charge in [-0.15, -0.1) is 0 Å². The van der Waals surface area contributed by atoms with Crippen LogP contribution in [0.1, 0.15) is 57.9 Å². The van der Waals surface area contributed by atoms with Crippen LogP contribution < -0.4 is 5.32 Å². The van der Waals surface area contributed by atoms with Crippen molar-refractivity contribution in [2.24, 2.45) is 0 Å². The van der Waals surface area contributed by atoms with Crippen LogP contribution >= 0.6 is 0 Å². The molecule has 0 radical (unpaired) electrons. The highest BCUT2D eigenvalue weighted by atomic mass is 19.1. The van der Waals surface area contributed by atoms with Gasteiger partial charge >= 0.3 is 0 Å². The fourth-order valence-electron chi connectivity index (χ4n) is 3.60. The first-order chi connectivity index (χ1) is 15.5. The van der Waals surface area contributed by atoms with Gasteiger partial charge in [0.1, 0.15) is 17.5 Å². The van der Waals surface area contributed by atoms with Gasteiger partial charge in [-0.1, -0.05) is 27.2 Å². The van der Waals surface area contributed by atoms with Crippen molar-refractivity contribution in [1.29, 1.82) is 0 Å². The van der Waals surface area contributed by atoms with Crippen molar-refractivity contribution in [3.8, 4) is 11.3 Å². The minimum absolute atomic E-state index is 0.0231. The maximum atomic E-state index is 14.1. The van der Waals surface area contributed by atoms with Gasteiger partial charge in [-0.05, 0) is 66.6 Å². The molecule has 174 valence electrons. The quantitative estimate of drug-likeness (QED) is 0.402. The van der Waals surface area contributed by atoms with Crippen molar-refractivity contribution in [2.45, 2.75) is 58.4 Å². The molecule has 1 unspecified atom stereocenters. The third-order valence-corrected chi connectivity index (χ3v) is 5.53. The van der Waals surface area contributed by atoms with Crippen molar-refractivity contribution < 1.29 is 23.1 Å². The van der Waals surface area contributed by atoms with Crippen molar-refractivity contribution in [2.75, 3.05) is 6.61 Å². The largest absolute Gasteiger partial charge is 0.394 e. The molecule has 4 rings (SSSR count). The van der Waals surface area contributed by atoms with Crippen LogP contribution in [0.25, 0.3) is 22.2 Å². The molecule has 1 aliphatic carbocycles. The monoisotopic (exact) mass is 448 g/mol. The number of halogens is 3. The fourth-order valence-corrected chi connectivity index (χ4v) is 3.60. The normalized spacial score (nSPS) is 13.8. The summed E-state index contributed by atoms with van der Waals surface area (Å²) in [6.45, 7) is 5.92. The maximum absolute atomic E-state index is 14.1. The molecular weight excluding hydrogens is 417 g/mol. The van der Waals surface area contributed by atoms with Crippen molar-refractivity contribution in [1.82, 2.24) is 10.3 Å². The van der Waals surface area contributed by atoms with Gasteiger partial charge < -0.3 is 15.4 Å². The second-order valence-electron chi connectivity index (χ2n) is 7.43. The molecule has 0 aliphatic heterocycles. The first-order valence-corrected chi connectivity index (χ1v) is 11.1. The van der Waals surface area contributed by atoms with Crippen molar-refractivity contribution >= 4 is 17.3 Å². The van der Waals surface area contributed by atoms with Crippen LogP contribution in [0, 0.1) is 17.5 Å². The number of carbonyl (C=O) groups is 1. The van der Waals surface area contributed by atoms with E-state index < -0.39 is 11.6 Å². The van der Waals surface area contributed by atoms with Gasteiger partial charge in [0.05, 0.1) is 23.9 Å². The molecule has 7 heteroatoms. The molecule has 1 amide bonds. The lowest BCUT2D eigenvalue weighted by atomic mass is 9.78. The molecular formula is C25H31F3N2O2. The van der Waals surface area contributed by atoms with Crippen LogP contribution in [-0.2, 0) is 4.79 Å². The SMILES string of the molecule is CC.CCC(CO)NC=O.Fc1ccc(-c2[nH]c3c(F)cc(F)cc3c2C2CCC2)cc1. The molecule has 1 saturated carbocycles. The lowest BCUT2D eigenvalue weighted by molar-refractivity contribution is -0.110. The predicted octanol–water partition coefficient (Wildman–Crippen LogP) is 6.05. The summed E-state index contributed by atoms with van der Waals surface area (Å²) >= 11 is 0. The summed E-state index contributed by atoms with van der Waals surface area (Å²) in [6.07, 6.45) is 4.52. The summed E-state index contributed by atoms with van der Waals surface area (Å²) in [5.41, 5.74) is 2.83. The maximum Gasteiger partial charge on any atom is 0.207 e. The fraction of sp³-hybridized carbons (Fsp3) is 0.400. The molecule has 0 spiro atoms. The molecule has 3 N–H and O–H groups in total. The predicted molar refractivity (Wildman–Crippen MR) is 122 cm³/mol. The highest BCUT2D eigenvalue weighted by Gasteiger charge is 2.27. The lowest BCUT2D eigenvalue weighted by Crippen LogP contribution is -2.30. The third-order valence-electron chi connectivity index (χ3n) is 5.53. The van der Waals surface area contributed by atoms with E-state index in [1.165, 1.54) is 18.2 Å². The van der Waals surface area contributed by atoms with Crippen LogP contribution in [0.2, 0.25) is 0 Å². The average Bonchev–Trinajstić information content (AvgIpc) is 3.12. The number of aliphatic hydroxyl groups is 1. The Morgan fingerprint density at radius 3 is 2.25 bits per heavy atom. The Bertz CT molecular complexity index is 995. The van der Waals surface area contributed by atoms with Gasteiger partial charge in [0, 0.05) is 11.5 Å². The molecule has 1 atom stereocenters. The minimum atomic E-state index is -0.594. The van der Waals surface area contributed by atoms with E-state index in [1.54, 1.807) is 12.1 Å². The van der Waals surface area contributed by atoms with E-state index in [4.69, 9.17) is 5.11 Å². The van der Waals surface area contributed by atoms with Crippen LogP contribution in [0.15, 0.2) is 36.4 Å². The topological polar surface area (TPSA) is 65.1 Å². The number of amides is 1. The molecule has 4 nitrogen and oxygen atoms in total. The number of fused-ring (bicyclic) bond motifs is 1. The van der Waals surface area contributed by atoms with E-state index in [1.807, 2.05) is 20.8 Å². The molecule has 3 aromatic rings. The van der Waals surface area contributed by atoms with Gasteiger partial charge in [-0.25, -0.2) is 13.2 Å². The molecule has 1 aliphatic rings. The van der Waals surface area contributed by atoms with Gasteiger partial charge in [-0.2, -0.15) is 0 Å². The number of hydrogen-bond donors (Lipinski definition) is 3. The van der Waals surface area contributed by atoms with E-state index in [9.17, 15) is 18.0 Å². The Balaban J connectivity index is 0.000000311. The number of H-pyrrole nitrogens is 1. The Morgan fingerprint density at radius 2 is 1.78 bits per heavy atom. The minimum Gasteiger partial charge on any atom is -0.394 e. The summed E-state index contributed by atoms with van der Waals surface area (Å²) in [5.74, 6) is -1.18. The smallest absolute Gasteiger partial charge is 0.207 e. The second-order valence-corrected chi connectivity index (χ2v) is 7.43. The van der Waals surface area contributed by atoms with Gasteiger partial charge in [0.15, 0.2) is 0 Å². The zero-order valence-electron chi connectivity index (χ0n) is 18.7. The standard InChI is InChI=1S/C18H14F3N.C5H11NO2.C2H6/c19-12-6-4-11(5-7-12)17-16(10-2-1-3-10)14-8-13(20)9-15(21)18(14)22-17;1-2-5(3-7)6-4-8;1-2/h4-10,22H,1-3H2;4-5,7H,2-3H2,1H3,(H,6,8);1-2H3. The zero-order valence-corrected chi connectivity index (χ0v) is 18.7. The van der Waals surface area contributed by atoms with Gasteiger partial charge in [-0.3, -0.25) is 4.79 Å². The molecule has 2 aromatic carbocycles. The zero-order chi connectivity index (χ0) is 23.7. The van der Waals surface area contributed by atoms with Crippen LogP contribution in [0.5, 0.6) is 0 Å². The van der Waals surface area contributed by atoms with E-state index in [0.29, 0.717) is 23.2 Å². The summed E-state index contributed by atoms with van der Waals surface area (Å²) in [4.78, 5) is 12.8. The summed E-state index contributed by atoms with van der Waals surface area (Å²) < 4.78 is 40.8. The van der Waals surface area contributed by atoms with Crippen LogP contribution in [-0.4, -0.2) is 29.1 Å². The number of carbonyl (C=O) groups excluding carboxylic acids is 1.